The zero-order valence-electron chi connectivity index (χ0n) is 12.1. The Kier molecular flexibility index (Phi) is 5.34. The van der Waals surface area contributed by atoms with Gasteiger partial charge in [-0.3, -0.25) is 0 Å². The maximum absolute atomic E-state index is 12.2. The fourth-order valence-corrected chi connectivity index (χ4v) is 2.30. The molecule has 20 heavy (non-hydrogen) atoms. The van der Waals surface area contributed by atoms with Crippen LogP contribution in [0.15, 0.2) is 22.7 Å². The smallest absolute Gasteiger partial charge is 0.339 e. The number of esters is 1. The van der Waals surface area contributed by atoms with Gasteiger partial charge in [0.25, 0.3) is 0 Å². The number of carbonyl (C=O) groups is 2. The van der Waals surface area contributed by atoms with E-state index in [1.54, 1.807) is 6.07 Å². The molecule has 1 unspecified atom stereocenters. The third-order valence-corrected chi connectivity index (χ3v) is 3.51. The largest absolute Gasteiger partial charge is 0.478 e. The molecule has 1 rings (SSSR count). The van der Waals surface area contributed by atoms with Gasteiger partial charge in [-0.2, -0.15) is 0 Å². The summed E-state index contributed by atoms with van der Waals surface area (Å²) in [6.45, 7) is 7.87. The monoisotopic (exact) mass is 342 g/mol. The lowest BCUT2D eigenvalue weighted by molar-refractivity contribution is -0.00428. The van der Waals surface area contributed by atoms with Gasteiger partial charge in [-0.1, -0.05) is 43.6 Å². The summed E-state index contributed by atoms with van der Waals surface area (Å²) < 4.78 is 6.07. The van der Waals surface area contributed by atoms with E-state index in [2.05, 4.69) is 15.9 Å². The Bertz CT molecular complexity index is 517. The molecule has 1 atom stereocenters. The van der Waals surface area contributed by atoms with Crippen LogP contribution in [0.4, 0.5) is 0 Å². The minimum absolute atomic E-state index is 0.0619. The lowest BCUT2D eigenvalue weighted by atomic mass is 9.87. The fraction of sp³-hybridized carbons (Fsp3) is 0.467. The second kappa shape index (κ2) is 6.39. The standard InChI is InChI=1S/C15H19BrO4/c1-5-12(15(2,3)4)20-14(19)10-7-6-9(16)8-11(10)13(17)18/h6-8,12H,5H2,1-4H3,(H,17,18). The van der Waals surface area contributed by atoms with Gasteiger partial charge >= 0.3 is 11.9 Å². The van der Waals surface area contributed by atoms with E-state index in [0.717, 1.165) is 0 Å². The van der Waals surface area contributed by atoms with Gasteiger partial charge in [0.15, 0.2) is 0 Å². The zero-order valence-corrected chi connectivity index (χ0v) is 13.7. The average Bonchev–Trinajstić information content (AvgIpc) is 2.33. The summed E-state index contributed by atoms with van der Waals surface area (Å²) in [4.78, 5) is 23.4. The van der Waals surface area contributed by atoms with Crippen LogP contribution in [0.1, 0.15) is 54.8 Å². The molecule has 0 fully saturated rings. The summed E-state index contributed by atoms with van der Waals surface area (Å²) in [6.07, 6.45) is 0.411. The van der Waals surface area contributed by atoms with Crippen LogP contribution in [0.2, 0.25) is 0 Å². The van der Waals surface area contributed by atoms with E-state index in [9.17, 15) is 9.59 Å². The van der Waals surface area contributed by atoms with E-state index in [-0.39, 0.29) is 22.6 Å². The molecule has 0 aliphatic heterocycles. The van der Waals surface area contributed by atoms with Crippen molar-refractivity contribution in [3.05, 3.63) is 33.8 Å². The number of carboxylic acids is 1. The minimum atomic E-state index is -1.15. The van der Waals surface area contributed by atoms with Crippen molar-refractivity contribution in [2.75, 3.05) is 0 Å². The second-order valence-corrected chi connectivity index (χ2v) is 6.58. The number of ether oxygens (including phenoxy) is 1. The topological polar surface area (TPSA) is 63.6 Å². The average molecular weight is 343 g/mol. The van der Waals surface area contributed by atoms with E-state index in [1.165, 1.54) is 12.1 Å². The van der Waals surface area contributed by atoms with Gasteiger partial charge in [0.05, 0.1) is 11.1 Å². The Labute approximate surface area is 127 Å². The van der Waals surface area contributed by atoms with Crippen LogP contribution in [0.5, 0.6) is 0 Å². The van der Waals surface area contributed by atoms with Gasteiger partial charge in [0.2, 0.25) is 0 Å². The maximum atomic E-state index is 12.2. The summed E-state index contributed by atoms with van der Waals surface area (Å²) in [6, 6.07) is 4.49. The van der Waals surface area contributed by atoms with E-state index in [1.807, 2.05) is 27.7 Å². The molecular formula is C15H19BrO4. The Morgan fingerprint density at radius 1 is 1.30 bits per heavy atom. The molecule has 0 heterocycles. The number of hydrogen-bond acceptors (Lipinski definition) is 3. The molecule has 4 nitrogen and oxygen atoms in total. The quantitative estimate of drug-likeness (QED) is 0.835. The Balaban J connectivity index is 3.07. The van der Waals surface area contributed by atoms with Crippen molar-refractivity contribution in [1.29, 1.82) is 0 Å². The van der Waals surface area contributed by atoms with Crippen LogP contribution in [-0.4, -0.2) is 23.1 Å². The first-order chi connectivity index (χ1) is 9.16. The first-order valence-corrected chi connectivity index (χ1v) is 7.20. The molecule has 0 saturated heterocycles. The van der Waals surface area contributed by atoms with E-state index in [4.69, 9.17) is 9.84 Å². The minimum Gasteiger partial charge on any atom is -0.478 e. The summed E-state index contributed by atoms with van der Waals surface area (Å²) in [5.74, 6) is -1.75. The van der Waals surface area contributed by atoms with Crippen molar-refractivity contribution in [3.8, 4) is 0 Å². The van der Waals surface area contributed by atoms with Crippen molar-refractivity contribution in [2.45, 2.75) is 40.2 Å². The molecule has 0 aliphatic carbocycles. The Hall–Kier alpha value is -1.36. The highest BCUT2D eigenvalue weighted by Crippen LogP contribution is 2.26. The molecular weight excluding hydrogens is 324 g/mol. The number of hydrogen-bond donors (Lipinski definition) is 1. The number of halogens is 1. The van der Waals surface area contributed by atoms with E-state index < -0.39 is 11.9 Å². The Morgan fingerprint density at radius 2 is 1.90 bits per heavy atom. The van der Waals surface area contributed by atoms with Crippen molar-refractivity contribution in [3.63, 3.8) is 0 Å². The molecule has 5 heteroatoms. The summed E-state index contributed by atoms with van der Waals surface area (Å²) >= 11 is 3.19. The molecule has 0 amide bonds. The lowest BCUT2D eigenvalue weighted by Crippen LogP contribution is -2.31. The number of rotatable bonds is 4. The number of aromatic carboxylic acids is 1. The third kappa shape index (κ3) is 4.07. The van der Waals surface area contributed by atoms with Crippen LogP contribution >= 0.6 is 15.9 Å². The first-order valence-electron chi connectivity index (χ1n) is 6.40. The Morgan fingerprint density at radius 3 is 2.35 bits per heavy atom. The van der Waals surface area contributed by atoms with Crippen molar-refractivity contribution < 1.29 is 19.4 Å². The van der Waals surface area contributed by atoms with Gasteiger partial charge < -0.3 is 9.84 Å². The van der Waals surface area contributed by atoms with E-state index in [0.29, 0.717) is 10.9 Å². The molecule has 0 spiro atoms. The van der Waals surface area contributed by atoms with Gasteiger partial charge in [-0.05, 0) is 30.0 Å². The normalized spacial score (nSPS) is 12.8. The van der Waals surface area contributed by atoms with Crippen LogP contribution in [0.3, 0.4) is 0 Å². The fourth-order valence-electron chi connectivity index (χ4n) is 1.94. The van der Waals surface area contributed by atoms with Gasteiger partial charge in [0.1, 0.15) is 6.10 Å². The summed E-state index contributed by atoms with van der Waals surface area (Å²) in [5, 5.41) is 9.16. The summed E-state index contributed by atoms with van der Waals surface area (Å²) in [7, 11) is 0. The molecule has 1 aromatic carbocycles. The predicted molar refractivity (Wildman–Crippen MR) is 80.1 cm³/mol. The highest BCUT2D eigenvalue weighted by molar-refractivity contribution is 9.10. The van der Waals surface area contributed by atoms with E-state index >= 15 is 0 Å². The maximum Gasteiger partial charge on any atom is 0.339 e. The van der Waals surface area contributed by atoms with Gasteiger partial charge in [0, 0.05) is 4.47 Å². The molecule has 0 saturated carbocycles. The van der Waals surface area contributed by atoms with Crippen LogP contribution < -0.4 is 0 Å². The number of carbonyl (C=O) groups excluding carboxylic acids is 1. The number of benzene rings is 1. The molecule has 0 radical (unpaired) electrons. The first kappa shape index (κ1) is 16.7. The molecule has 1 aromatic rings. The predicted octanol–water partition coefficient (Wildman–Crippen LogP) is 4.13. The second-order valence-electron chi connectivity index (χ2n) is 5.66. The van der Waals surface area contributed by atoms with Crippen LogP contribution in [0, 0.1) is 5.41 Å². The number of carboxylic acid groups (broad SMARTS) is 1. The van der Waals surface area contributed by atoms with Crippen LogP contribution in [-0.2, 0) is 4.74 Å². The third-order valence-electron chi connectivity index (χ3n) is 3.02. The van der Waals surface area contributed by atoms with Crippen molar-refractivity contribution in [2.24, 2.45) is 5.41 Å². The van der Waals surface area contributed by atoms with Gasteiger partial charge in [-0.25, -0.2) is 9.59 Å². The SMILES string of the molecule is CCC(OC(=O)c1ccc(Br)cc1C(=O)O)C(C)(C)C. The molecule has 0 aliphatic rings. The molecule has 1 N–H and O–H groups in total. The van der Waals surface area contributed by atoms with Crippen LogP contribution in [0.25, 0.3) is 0 Å². The molecule has 0 bridgehead atoms. The molecule has 110 valence electrons. The molecule has 0 aromatic heterocycles. The van der Waals surface area contributed by atoms with Crippen molar-refractivity contribution >= 4 is 27.9 Å². The highest BCUT2D eigenvalue weighted by Gasteiger charge is 2.28. The van der Waals surface area contributed by atoms with Gasteiger partial charge in [-0.15, -0.1) is 0 Å². The zero-order chi connectivity index (χ0) is 15.5. The summed E-state index contributed by atoms with van der Waals surface area (Å²) in [5.41, 5.74) is -0.181. The van der Waals surface area contributed by atoms with Crippen molar-refractivity contribution in [1.82, 2.24) is 0 Å². The lowest BCUT2D eigenvalue weighted by Gasteiger charge is -2.29. The highest BCUT2D eigenvalue weighted by atomic mass is 79.9.